The number of carbonyl (C=O) groups excluding carboxylic acids is 4. The molecule has 0 radical (unpaired) electrons. The normalized spacial score (nSPS) is 19.4. The fourth-order valence-electron chi connectivity index (χ4n) is 19.2. The molecule has 1 aliphatic carbocycles. The number of alkyl halides is 1. The van der Waals surface area contributed by atoms with Crippen molar-refractivity contribution in [1.29, 1.82) is 5.41 Å². The predicted molar refractivity (Wildman–Crippen MR) is 624 cm³/mol. The van der Waals surface area contributed by atoms with Crippen LogP contribution in [-0.2, 0) is 84.7 Å². The number of aliphatic carboxylic acids is 2. The van der Waals surface area contributed by atoms with Crippen molar-refractivity contribution in [2.75, 3.05) is 91.6 Å². The zero-order chi connectivity index (χ0) is 97.3. The number of carbonyl (C=O) groups is 6. The van der Waals surface area contributed by atoms with Crippen LogP contribution in [0.4, 0.5) is 0 Å². The first-order chi connectivity index (χ1) is 65.9. The molecule has 8 fully saturated rings. The van der Waals surface area contributed by atoms with E-state index < -0.39 is 11.9 Å². The van der Waals surface area contributed by atoms with Crippen molar-refractivity contribution in [3.05, 3.63) is 287 Å². The van der Waals surface area contributed by atoms with Gasteiger partial charge in [0.15, 0.2) is 0 Å². The summed E-state index contributed by atoms with van der Waals surface area (Å²) in [5.74, 6) is 1.27. The fourth-order valence-corrected chi connectivity index (χ4v) is 19.6. The summed E-state index contributed by atoms with van der Waals surface area (Å²) in [6.45, 7) is 33.0. The minimum absolute atomic E-state index is 0. The number of ketones is 1. The van der Waals surface area contributed by atoms with Gasteiger partial charge in [-0.15, -0.1) is 0 Å². The second-order valence-corrected chi connectivity index (χ2v) is 38.8. The van der Waals surface area contributed by atoms with Crippen LogP contribution in [0.25, 0.3) is 0 Å². The quantitative estimate of drug-likeness (QED) is 0.00699. The van der Waals surface area contributed by atoms with Crippen LogP contribution < -0.4 is 45.5 Å². The molecule has 148 heavy (non-hydrogen) atoms. The fraction of sp³-hybridized carbons (Fsp3) is 0.548. The number of oxime groups is 1. The number of rotatable bonds is 25. The third-order valence-corrected chi connectivity index (χ3v) is 27.6. The Morgan fingerprint density at radius 1 is 0.358 bits per heavy atom. The molecule has 24 heteroatoms. The number of ether oxygens (including phenoxy) is 1. The Bertz CT molecular complexity index is 4490. The Kier molecular flexibility index (Phi) is 86.3. The van der Waals surface area contributed by atoms with Gasteiger partial charge in [-0.3, -0.25) is 58.2 Å². The van der Waals surface area contributed by atoms with E-state index in [4.69, 9.17) is 25.6 Å². The number of nitrogens with zero attached hydrogens (tertiary/aromatic N) is 7. The van der Waals surface area contributed by atoms with Gasteiger partial charge in [0.2, 0.25) is 11.8 Å². The molecule has 0 bridgehead atoms. The van der Waals surface area contributed by atoms with Gasteiger partial charge in [0, 0.05) is 140 Å². The van der Waals surface area contributed by atoms with E-state index in [1.54, 1.807) is 20.8 Å². The summed E-state index contributed by atoms with van der Waals surface area (Å²) >= 11 is 3.36. The van der Waals surface area contributed by atoms with Crippen LogP contribution in [0.1, 0.15) is 289 Å². The molecule has 9 atom stereocenters. The molecule has 8 aliphatic rings. The monoisotopic (exact) mass is 2120 g/mol. The number of carboxylic acids is 2. The summed E-state index contributed by atoms with van der Waals surface area (Å²) in [5.41, 5.74) is 12.1. The summed E-state index contributed by atoms with van der Waals surface area (Å²) < 4.78 is 5.50. The molecule has 8 N–H and O–H groups in total. The first-order valence-corrected chi connectivity index (χ1v) is 51.4. The maximum absolute atomic E-state index is 12.3. The van der Waals surface area contributed by atoms with Gasteiger partial charge in [-0.05, 0) is 240 Å². The SMILES string of the molecule is BrCc1ccccc1.C.C.C.C.C.C.C.C.C.C.C/C(=N\O)C1CCCN(Cc2ccccc2)C1.CC(=N)C1CCCN(Cc2ccccc2)C1.CC(=O)C1CCCN(Cc2ccccc2)C1.CC(=O)NC(C)C1CCCCC1.CC(=O)NC(C)C1CCCN(Cc2ccccc2)C1.O=C(O)C1CCCN(Cc2ccccc2)C1.O=C(O)C1CCCNC1.O=C(OCc1ccccc1)C1CCCN(Cc2ccccc2)C1.[Na+].[OH-]. The molecule has 8 aromatic rings. The number of nitrogens with one attached hydrogen (secondary N) is 4. The van der Waals surface area contributed by atoms with E-state index in [1.165, 1.54) is 110 Å². The van der Waals surface area contributed by atoms with Gasteiger partial charge < -0.3 is 47.0 Å². The van der Waals surface area contributed by atoms with Gasteiger partial charge in [0.1, 0.15) is 12.4 Å². The molecular weight excluding hydrogens is 1920 g/mol. The van der Waals surface area contributed by atoms with E-state index in [9.17, 15) is 28.8 Å². The molecule has 1 saturated carbocycles. The predicted octanol–water partition coefficient (Wildman–Crippen LogP) is 24.2. The van der Waals surface area contributed by atoms with E-state index in [1.807, 2.05) is 98.8 Å². The smallest absolute Gasteiger partial charge is 0.870 e. The number of amides is 2. The summed E-state index contributed by atoms with van der Waals surface area (Å²) in [6, 6.07) is 83.7. The summed E-state index contributed by atoms with van der Waals surface area (Å²) in [7, 11) is 0. The number of piperidine rings is 7. The van der Waals surface area contributed by atoms with Gasteiger partial charge in [-0.1, -0.05) is 357 Å². The van der Waals surface area contributed by atoms with Crippen molar-refractivity contribution >= 4 is 62.9 Å². The maximum atomic E-state index is 12.3. The molecule has 8 aromatic carbocycles. The number of carboxylic acid groups (broad SMARTS) is 2. The minimum Gasteiger partial charge on any atom is -0.870 e. The zero-order valence-corrected chi connectivity index (χ0v) is 87.6. The number of halogens is 1. The van der Waals surface area contributed by atoms with E-state index in [0.29, 0.717) is 49.3 Å². The molecule has 7 heterocycles. The first-order valence-electron chi connectivity index (χ1n) is 50.3. The zero-order valence-electron chi connectivity index (χ0n) is 84.0. The largest absolute Gasteiger partial charge is 1.00 e. The van der Waals surface area contributed by atoms with E-state index in [0.717, 1.165) is 197 Å². The van der Waals surface area contributed by atoms with Crippen LogP contribution in [0.15, 0.2) is 248 Å². The number of Topliss-reactive ketones (excluding diaryl/α,β-unsaturated/α-hetero) is 1. The molecule has 7 saturated heterocycles. The van der Waals surface area contributed by atoms with Crippen molar-refractivity contribution in [3.8, 4) is 0 Å². The van der Waals surface area contributed by atoms with Crippen molar-refractivity contribution in [1.82, 2.24) is 45.3 Å². The van der Waals surface area contributed by atoms with Crippen LogP contribution in [-0.4, -0.2) is 201 Å². The van der Waals surface area contributed by atoms with E-state index in [-0.39, 0.29) is 157 Å². The van der Waals surface area contributed by atoms with Gasteiger partial charge in [-0.25, -0.2) is 0 Å². The van der Waals surface area contributed by atoms with Crippen molar-refractivity contribution in [3.63, 3.8) is 0 Å². The number of esters is 1. The Labute approximate surface area is 930 Å². The molecule has 16 rings (SSSR count). The second-order valence-electron chi connectivity index (χ2n) is 38.3. The van der Waals surface area contributed by atoms with E-state index in [2.05, 4.69) is 238 Å². The molecule has 0 aromatic heterocycles. The molecular formula is C124H201BrN11NaO11. The Morgan fingerprint density at radius 2 is 0.628 bits per heavy atom. The standard InChI is InChI=1S/C20H23NO2.C16H24N2O.C14H20N2O.C14H20N2.C14H19NO.C13H17NO2.C10H19NO.C7H7Br.C6H11NO2.10CH4.Na.H2O/c22-20(23-16-18-10-5-2-6-11-18)19-12-7-13-21(15-19)14-17-8-3-1-4-9-17;1-13(17-14(2)19)16-9-6-10-18(12-16)11-15-7-4-3-5-8-15;1-12(15-17)14-8-5-9-16(11-14)10-13-6-3-2-4-7-13;1-12(15)14-8-5-9-16(11-14)10-13-6-3-2-4-7-13;1-12(16)14-8-5-9-15(11-14)10-13-6-3-2-4-7-13;15-13(16)12-7-4-8-14(10-12)9-11-5-2-1-3-6-11;1-8(11-9(2)12)10-6-4-3-5-7-10;8-6-7-4-2-1-3-5-7;8-6(9)5-2-1-3-7-4-5;;;;;;;;;;;;/h1-6,8-11,19H,7,12-16H2;3-5,7-8,13,16H,6,9-12H2,1-2H3,(H,17,19);2-4,6-7,14,17H,5,8-11H2,1H3;2-4,6-7,14-15H,5,8-11H2,1H3;2-4,6-7,14H,5,8-11H2,1H3;1-3,5-6,12H,4,7-10H2,(H,15,16);8,10H,3-7H2,1-2H3,(H,11,12);1-5H,6H2;5,7H,1-4H2,(H,8,9);10*1H4;;1H2/q;;;;;;;;;;;;;;;;;;;+1;/p-1/b;;15-12+;;;;;;;;;;;;;;;;;;. The molecule has 826 valence electrons. The van der Waals surface area contributed by atoms with Gasteiger partial charge in [0.05, 0.1) is 23.5 Å². The van der Waals surface area contributed by atoms with E-state index >= 15 is 0 Å². The van der Waals surface area contributed by atoms with Gasteiger partial charge in [0.25, 0.3) is 0 Å². The summed E-state index contributed by atoms with van der Waals surface area (Å²) in [5, 5.41) is 47.4. The summed E-state index contributed by atoms with van der Waals surface area (Å²) in [4.78, 5) is 81.3. The van der Waals surface area contributed by atoms with Gasteiger partial charge in [-0.2, -0.15) is 0 Å². The Hall–Kier alpha value is -8.92. The Morgan fingerprint density at radius 3 is 0.932 bits per heavy atom. The minimum atomic E-state index is -0.665. The number of benzene rings is 8. The van der Waals surface area contributed by atoms with Gasteiger partial charge >= 0.3 is 47.5 Å². The number of hydrogen-bond donors (Lipinski definition) is 7. The molecule has 7 aliphatic heterocycles. The summed E-state index contributed by atoms with van der Waals surface area (Å²) in [6.07, 6.45) is 21.7. The topological polar surface area (TPSA) is 294 Å². The molecule has 0 spiro atoms. The van der Waals surface area contributed by atoms with Crippen LogP contribution in [0.2, 0.25) is 0 Å². The van der Waals surface area contributed by atoms with Crippen molar-refractivity contribution < 1.29 is 84.0 Å². The Balaban J connectivity index is -0.000000519. The van der Waals surface area contributed by atoms with Crippen molar-refractivity contribution in [2.24, 2.45) is 52.5 Å². The number of likely N-dealkylation sites (tertiary alicyclic amines) is 6. The third-order valence-electron chi connectivity index (χ3n) is 27.0. The maximum Gasteiger partial charge on any atom is 1.00 e. The van der Waals surface area contributed by atoms with Crippen LogP contribution in [0, 0.1) is 52.8 Å². The second kappa shape index (κ2) is 86.6. The number of hydrogen-bond acceptors (Lipinski definition) is 18. The average Bonchev–Trinajstić information content (AvgIpc) is 0.876. The molecule has 9 unspecified atom stereocenters. The van der Waals surface area contributed by atoms with Crippen LogP contribution >= 0.6 is 15.9 Å². The third kappa shape index (κ3) is 60.9. The first kappa shape index (κ1) is 148. The molecule has 22 nitrogen and oxygen atoms in total. The van der Waals surface area contributed by atoms with Crippen LogP contribution in [0.5, 0.6) is 0 Å². The van der Waals surface area contributed by atoms with Crippen LogP contribution in [0.3, 0.4) is 0 Å². The molecule has 2 amide bonds. The van der Waals surface area contributed by atoms with Crippen molar-refractivity contribution in [2.45, 2.75) is 308 Å². The average molecular weight is 2120 g/mol.